The lowest BCUT2D eigenvalue weighted by Gasteiger charge is -2.28. The highest BCUT2D eigenvalue weighted by atomic mass is 16.5. The second-order valence-electron chi connectivity index (χ2n) is 5.36. The van der Waals surface area contributed by atoms with Crippen LogP contribution in [0.2, 0.25) is 0 Å². The summed E-state index contributed by atoms with van der Waals surface area (Å²) in [4.78, 5) is 2.46. The molecule has 0 aromatic heterocycles. The first kappa shape index (κ1) is 12.0. The maximum absolute atomic E-state index is 5.37. The zero-order valence-electron chi connectivity index (χ0n) is 10.9. The van der Waals surface area contributed by atoms with Crippen LogP contribution in [0.15, 0.2) is 24.3 Å². The lowest BCUT2D eigenvalue weighted by molar-refractivity contribution is 0.0342. The Bertz CT molecular complexity index is 367. The number of rotatable bonds is 4. The highest BCUT2D eigenvalue weighted by Gasteiger charge is 2.16. The number of ether oxygens (including phenoxy) is 1. The molecule has 0 bridgehead atoms. The van der Waals surface area contributed by atoms with Gasteiger partial charge < -0.3 is 10.1 Å². The molecule has 1 heterocycles. The molecule has 2 fully saturated rings. The van der Waals surface area contributed by atoms with Crippen molar-refractivity contribution in [2.24, 2.45) is 0 Å². The van der Waals surface area contributed by atoms with E-state index in [0.29, 0.717) is 0 Å². The molecule has 0 amide bonds. The predicted octanol–water partition coefficient (Wildman–Crippen LogP) is 2.48. The molecule has 1 saturated heterocycles. The van der Waals surface area contributed by atoms with E-state index in [-0.39, 0.29) is 0 Å². The van der Waals surface area contributed by atoms with E-state index in [4.69, 9.17) is 4.74 Å². The third-order valence-corrected chi connectivity index (χ3v) is 3.94. The van der Waals surface area contributed by atoms with Crippen LogP contribution in [0.1, 0.15) is 24.8 Å². The fourth-order valence-corrected chi connectivity index (χ4v) is 2.51. The first-order valence-corrected chi connectivity index (χ1v) is 7.06. The topological polar surface area (TPSA) is 24.5 Å². The molecule has 2 aliphatic rings. The second kappa shape index (κ2) is 5.72. The normalized spacial score (nSPS) is 21.6. The summed E-state index contributed by atoms with van der Waals surface area (Å²) in [5.74, 6) is 0. The minimum atomic E-state index is 0.718. The van der Waals surface area contributed by atoms with Crippen molar-refractivity contribution < 1.29 is 4.74 Å². The molecule has 0 radical (unpaired) electrons. The van der Waals surface area contributed by atoms with Crippen molar-refractivity contribution in [3.05, 3.63) is 29.8 Å². The quantitative estimate of drug-likeness (QED) is 0.883. The van der Waals surface area contributed by atoms with Crippen LogP contribution in [0.4, 0.5) is 5.69 Å². The summed E-state index contributed by atoms with van der Waals surface area (Å²) in [6.45, 7) is 4.92. The Morgan fingerprint density at radius 3 is 2.44 bits per heavy atom. The summed E-state index contributed by atoms with van der Waals surface area (Å²) in [6.07, 6.45) is 4.04. The molecule has 0 spiro atoms. The number of anilines is 1. The molecular formula is C15H22N2O. The Labute approximate surface area is 109 Å². The van der Waals surface area contributed by atoms with E-state index in [0.717, 1.165) is 38.9 Å². The second-order valence-corrected chi connectivity index (χ2v) is 5.36. The minimum absolute atomic E-state index is 0.718. The first-order valence-electron chi connectivity index (χ1n) is 7.06. The van der Waals surface area contributed by atoms with Gasteiger partial charge in [0.1, 0.15) is 0 Å². The van der Waals surface area contributed by atoms with E-state index >= 15 is 0 Å². The van der Waals surface area contributed by atoms with Crippen LogP contribution in [-0.2, 0) is 11.3 Å². The van der Waals surface area contributed by atoms with Crippen molar-refractivity contribution in [1.29, 1.82) is 0 Å². The van der Waals surface area contributed by atoms with E-state index in [1.165, 1.54) is 30.5 Å². The highest BCUT2D eigenvalue weighted by Crippen LogP contribution is 2.23. The molecule has 0 atom stereocenters. The molecule has 1 N–H and O–H groups in total. The van der Waals surface area contributed by atoms with E-state index in [1.807, 2.05) is 0 Å². The number of morpholine rings is 1. The minimum Gasteiger partial charge on any atom is -0.382 e. The molecule has 1 aromatic rings. The molecule has 18 heavy (non-hydrogen) atoms. The zero-order valence-corrected chi connectivity index (χ0v) is 10.9. The molecule has 3 heteroatoms. The van der Waals surface area contributed by atoms with Gasteiger partial charge in [0, 0.05) is 31.4 Å². The molecule has 3 nitrogen and oxygen atoms in total. The van der Waals surface area contributed by atoms with Gasteiger partial charge in [-0.05, 0) is 37.0 Å². The summed E-state index contributed by atoms with van der Waals surface area (Å²) < 4.78 is 5.37. The Morgan fingerprint density at radius 1 is 1.11 bits per heavy atom. The molecule has 98 valence electrons. The van der Waals surface area contributed by atoms with Crippen LogP contribution < -0.4 is 5.32 Å². The van der Waals surface area contributed by atoms with Gasteiger partial charge in [-0.3, -0.25) is 4.90 Å². The van der Waals surface area contributed by atoms with Crippen molar-refractivity contribution in [3.63, 3.8) is 0 Å². The molecule has 0 unspecified atom stereocenters. The maximum Gasteiger partial charge on any atom is 0.0594 e. The third-order valence-electron chi connectivity index (χ3n) is 3.94. The summed E-state index contributed by atoms with van der Waals surface area (Å²) >= 11 is 0. The van der Waals surface area contributed by atoms with Gasteiger partial charge in [-0.15, -0.1) is 0 Å². The average molecular weight is 246 g/mol. The van der Waals surface area contributed by atoms with Crippen LogP contribution >= 0.6 is 0 Å². The molecular weight excluding hydrogens is 224 g/mol. The Balaban J connectivity index is 1.52. The maximum atomic E-state index is 5.37. The van der Waals surface area contributed by atoms with Gasteiger partial charge in [-0.2, -0.15) is 0 Å². The molecule has 3 rings (SSSR count). The lowest BCUT2D eigenvalue weighted by atomic mass is 9.93. The van der Waals surface area contributed by atoms with Crippen molar-refractivity contribution >= 4 is 5.69 Å². The fourth-order valence-electron chi connectivity index (χ4n) is 2.51. The monoisotopic (exact) mass is 246 g/mol. The Kier molecular flexibility index (Phi) is 3.81. The first-order chi connectivity index (χ1) is 8.90. The van der Waals surface area contributed by atoms with Crippen molar-refractivity contribution in [2.75, 3.05) is 31.6 Å². The van der Waals surface area contributed by atoms with E-state index in [2.05, 4.69) is 34.5 Å². The van der Waals surface area contributed by atoms with Crippen molar-refractivity contribution in [2.45, 2.75) is 31.8 Å². The smallest absolute Gasteiger partial charge is 0.0594 e. The summed E-state index contributed by atoms with van der Waals surface area (Å²) in [7, 11) is 0. The van der Waals surface area contributed by atoms with E-state index in [1.54, 1.807) is 0 Å². The summed E-state index contributed by atoms with van der Waals surface area (Å²) in [6, 6.07) is 9.64. The van der Waals surface area contributed by atoms with Gasteiger partial charge in [-0.25, -0.2) is 0 Å². The standard InChI is InChI=1S/C15H22N2O/c1-2-14(3-1)16-15-6-4-13(5-7-15)12-17-8-10-18-11-9-17/h4-7,14,16H,1-3,8-12H2. The van der Waals surface area contributed by atoms with Gasteiger partial charge in [0.15, 0.2) is 0 Å². The van der Waals surface area contributed by atoms with E-state index < -0.39 is 0 Å². The van der Waals surface area contributed by atoms with Gasteiger partial charge in [0.2, 0.25) is 0 Å². The van der Waals surface area contributed by atoms with Crippen LogP contribution in [0.5, 0.6) is 0 Å². The third kappa shape index (κ3) is 3.03. The van der Waals surface area contributed by atoms with Gasteiger partial charge in [0.05, 0.1) is 13.2 Å². The van der Waals surface area contributed by atoms with Crippen molar-refractivity contribution in [3.8, 4) is 0 Å². The van der Waals surface area contributed by atoms with Crippen LogP contribution in [0, 0.1) is 0 Å². The summed E-state index contributed by atoms with van der Waals surface area (Å²) in [5.41, 5.74) is 2.67. The van der Waals surface area contributed by atoms with Crippen LogP contribution in [0.3, 0.4) is 0 Å². The number of hydrogen-bond donors (Lipinski definition) is 1. The largest absolute Gasteiger partial charge is 0.382 e. The molecule has 1 aliphatic carbocycles. The van der Waals surface area contributed by atoms with Crippen LogP contribution in [0.25, 0.3) is 0 Å². The van der Waals surface area contributed by atoms with Crippen LogP contribution in [-0.4, -0.2) is 37.2 Å². The zero-order chi connectivity index (χ0) is 12.2. The Hall–Kier alpha value is -1.06. The van der Waals surface area contributed by atoms with Gasteiger partial charge >= 0.3 is 0 Å². The SMILES string of the molecule is c1cc(NC2CCC2)ccc1CN1CCOCC1. The number of benzene rings is 1. The molecule has 1 aliphatic heterocycles. The Morgan fingerprint density at radius 2 is 1.83 bits per heavy atom. The number of nitrogens with one attached hydrogen (secondary N) is 1. The number of hydrogen-bond acceptors (Lipinski definition) is 3. The highest BCUT2D eigenvalue weighted by molar-refractivity contribution is 5.45. The predicted molar refractivity (Wildman–Crippen MR) is 73.8 cm³/mol. The fraction of sp³-hybridized carbons (Fsp3) is 0.600. The molecule has 1 saturated carbocycles. The van der Waals surface area contributed by atoms with Gasteiger partial charge in [-0.1, -0.05) is 12.1 Å². The van der Waals surface area contributed by atoms with Gasteiger partial charge in [0.25, 0.3) is 0 Å². The van der Waals surface area contributed by atoms with E-state index in [9.17, 15) is 0 Å². The lowest BCUT2D eigenvalue weighted by Crippen LogP contribution is -2.35. The van der Waals surface area contributed by atoms with Crippen molar-refractivity contribution in [1.82, 2.24) is 4.90 Å². The molecule has 1 aromatic carbocycles. The average Bonchev–Trinajstić information content (AvgIpc) is 2.37. The summed E-state index contributed by atoms with van der Waals surface area (Å²) in [5, 5.41) is 3.58. The number of nitrogens with zero attached hydrogens (tertiary/aromatic N) is 1.